The Balaban J connectivity index is 1.35. The van der Waals surface area contributed by atoms with Gasteiger partial charge in [0.25, 0.3) is 0 Å². The van der Waals surface area contributed by atoms with E-state index in [4.69, 9.17) is 9.47 Å². The van der Waals surface area contributed by atoms with E-state index in [0.717, 1.165) is 25.1 Å². The molecule has 1 aliphatic heterocycles. The molecule has 0 aliphatic carbocycles. The summed E-state index contributed by atoms with van der Waals surface area (Å²) in [6.45, 7) is 1.52. The molecule has 0 bridgehead atoms. The third-order valence-electron chi connectivity index (χ3n) is 4.38. The lowest BCUT2D eigenvalue weighted by Crippen LogP contribution is -2.29. The van der Waals surface area contributed by atoms with Crippen molar-refractivity contribution in [1.29, 1.82) is 0 Å². The van der Waals surface area contributed by atoms with Crippen LogP contribution < -0.4 is 15.4 Å². The highest BCUT2D eigenvalue weighted by Gasteiger charge is 2.17. The number of nitrogens with one attached hydrogen (secondary N) is 2. The maximum absolute atomic E-state index is 12.3. The van der Waals surface area contributed by atoms with Crippen molar-refractivity contribution < 1.29 is 14.3 Å². The lowest BCUT2D eigenvalue weighted by Gasteiger charge is -2.15. The molecule has 0 radical (unpaired) electrons. The highest BCUT2D eigenvalue weighted by molar-refractivity contribution is 5.90. The van der Waals surface area contributed by atoms with E-state index in [1.807, 2.05) is 47.0 Å². The molecule has 0 saturated carbocycles. The number of rotatable bonds is 6. The molecule has 0 unspecified atom stereocenters. The van der Waals surface area contributed by atoms with Crippen molar-refractivity contribution >= 4 is 17.4 Å². The van der Waals surface area contributed by atoms with Crippen LogP contribution in [-0.4, -0.2) is 39.9 Å². The number of carbonyl (C=O) groups is 1. The first-order chi connectivity index (χ1) is 13.3. The Morgan fingerprint density at radius 1 is 1.22 bits per heavy atom. The van der Waals surface area contributed by atoms with Gasteiger partial charge in [0.2, 0.25) is 0 Å². The highest BCUT2D eigenvalue weighted by Crippen LogP contribution is 2.25. The Morgan fingerprint density at radius 2 is 2.11 bits per heavy atom. The SMILES string of the molecule is O=C(NCc1nnc2ccccn12)Nc1ccccc1OC[C@@H]1CCCO1. The van der Waals surface area contributed by atoms with Gasteiger partial charge in [-0.1, -0.05) is 18.2 Å². The largest absolute Gasteiger partial charge is 0.489 e. The fourth-order valence-corrected chi connectivity index (χ4v) is 2.99. The van der Waals surface area contributed by atoms with Gasteiger partial charge < -0.3 is 20.1 Å². The number of carbonyl (C=O) groups excluding carboxylic acids is 1. The summed E-state index contributed by atoms with van der Waals surface area (Å²) in [4.78, 5) is 12.3. The van der Waals surface area contributed by atoms with E-state index in [0.29, 0.717) is 23.9 Å². The van der Waals surface area contributed by atoms with E-state index < -0.39 is 0 Å². The lowest BCUT2D eigenvalue weighted by molar-refractivity contribution is 0.0682. The van der Waals surface area contributed by atoms with Crippen molar-refractivity contribution in [2.75, 3.05) is 18.5 Å². The molecule has 140 valence electrons. The van der Waals surface area contributed by atoms with Crippen LogP contribution in [-0.2, 0) is 11.3 Å². The zero-order chi connectivity index (χ0) is 18.5. The Bertz CT molecular complexity index is 920. The molecule has 8 heteroatoms. The number of pyridine rings is 1. The van der Waals surface area contributed by atoms with Crippen LogP contribution in [0.15, 0.2) is 48.7 Å². The molecular formula is C19H21N5O3. The fourth-order valence-electron chi connectivity index (χ4n) is 2.99. The van der Waals surface area contributed by atoms with Crippen molar-refractivity contribution in [3.8, 4) is 5.75 Å². The van der Waals surface area contributed by atoms with E-state index in [1.54, 1.807) is 6.07 Å². The Kier molecular flexibility index (Phi) is 5.15. The van der Waals surface area contributed by atoms with Crippen molar-refractivity contribution in [1.82, 2.24) is 19.9 Å². The summed E-state index contributed by atoms with van der Waals surface area (Å²) < 4.78 is 13.2. The van der Waals surface area contributed by atoms with Crippen LogP contribution in [0.3, 0.4) is 0 Å². The van der Waals surface area contributed by atoms with Crippen LogP contribution in [0.1, 0.15) is 18.7 Å². The first-order valence-corrected chi connectivity index (χ1v) is 8.96. The second-order valence-corrected chi connectivity index (χ2v) is 6.29. The summed E-state index contributed by atoms with van der Waals surface area (Å²) in [7, 11) is 0. The number of anilines is 1. The number of ether oxygens (including phenoxy) is 2. The molecule has 1 atom stereocenters. The predicted molar refractivity (Wildman–Crippen MR) is 99.8 cm³/mol. The molecule has 27 heavy (non-hydrogen) atoms. The molecule has 1 fully saturated rings. The third-order valence-corrected chi connectivity index (χ3v) is 4.38. The number of nitrogens with zero attached hydrogens (tertiary/aromatic N) is 3. The van der Waals surface area contributed by atoms with Crippen LogP contribution in [0, 0.1) is 0 Å². The Morgan fingerprint density at radius 3 is 3.00 bits per heavy atom. The second kappa shape index (κ2) is 8.05. The molecule has 0 spiro atoms. The number of amides is 2. The summed E-state index contributed by atoms with van der Waals surface area (Å²) >= 11 is 0. The molecule has 1 aliphatic rings. The average Bonchev–Trinajstić information content (AvgIpc) is 3.35. The first-order valence-electron chi connectivity index (χ1n) is 8.96. The quantitative estimate of drug-likeness (QED) is 0.699. The highest BCUT2D eigenvalue weighted by atomic mass is 16.5. The van der Waals surface area contributed by atoms with Gasteiger partial charge in [-0.25, -0.2) is 4.79 Å². The van der Waals surface area contributed by atoms with Crippen molar-refractivity contribution in [3.63, 3.8) is 0 Å². The number of aromatic nitrogens is 3. The maximum atomic E-state index is 12.3. The molecule has 2 aromatic heterocycles. The Hall–Kier alpha value is -3.13. The summed E-state index contributed by atoms with van der Waals surface area (Å²) in [6, 6.07) is 12.7. The van der Waals surface area contributed by atoms with Crippen LogP contribution in [0.2, 0.25) is 0 Å². The number of urea groups is 1. The molecule has 2 N–H and O–H groups in total. The van der Waals surface area contributed by atoms with Gasteiger partial charge in [0.05, 0.1) is 18.3 Å². The number of para-hydroxylation sites is 2. The topological polar surface area (TPSA) is 89.8 Å². The van der Waals surface area contributed by atoms with Gasteiger partial charge in [0, 0.05) is 12.8 Å². The standard InChI is InChI=1S/C19H21N5O3/c25-19(20-12-18-23-22-17-9-3-4-10-24(17)18)21-15-7-1-2-8-16(15)27-13-14-6-5-11-26-14/h1-4,7-10,14H,5-6,11-13H2,(H2,20,21,25)/t14-/m0/s1. The van der Waals surface area contributed by atoms with Crippen LogP contribution >= 0.6 is 0 Å². The Labute approximate surface area is 156 Å². The summed E-state index contributed by atoms with van der Waals surface area (Å²) in [6.07, 6.45) is 4.04. The summed E-state index contributed by atoms with van der Waals surface area (Å²) in [5.74, 6) is 1.28. The zero-order valence-corrected chi connectivity index (χ0v) is 14.8. The fraction of sp³-hybridized carbons (Fsp3) is 0.316. The van der Waals surface area contributed by atoms with Gasteiger partial charge in [-0.15, -0.1) is 10.2 Å². The molecule has 2 amide bonds. The zero-order valence-electron chi connectivity index (χ0n) is 14.8. The van der Waals surface area contributed by atoms with Gasteiger partial charge in [0.15, 0.2) is 11.5 Å². The monoisotopic (exact) mass is 367 g/mol. The van der Waals surface area contributed by atoms with Crippen molar-refractivity contribution in [2.24, 2.45) is 0 Å². The van der Waals surface area contributed by atoms with Gasteiger partial charge in [-0.2, -0.15) is 0 Å². The van der Waals surface area contributed by atoms with Gasteiger partial charge in [0.1, 0.15) is 12.4 Å². The molecule has 3 heterocycles. The lowest BCUT2D eigenvalue weighted by atomic mass is 10.2. The predicted octanol–water partition coefficient (Wildman–Crippen LogP) is 2.61. The van der Waals surface area contributed by atoms with Crippen molar-refractivity contribution in [3.05, 3.63) is 54.5 Å². The number of hydrogen-bond acceptors (Lipinski definition) is 5. The van der Waals surface area contributed by atoms with Gasteiger partial charge in [-0.3, -0.25) is 4.40 Å². The second-order valence-electron chi connectivity index (χ2n) is 6.29. The minimum absolute atomic E-state index is 0.119. The van der Waals surface area contributed by atoms with E-state index >= 15 is 0 Å². The smallest absolute Gasteiger partial charge is 0.319 e. The molecule has 1 aromatic carbocycles. The van der Waals surface area contributed by atoms with Gasteiger partial charge >= 0.3 is 6.03 Å². The summed E-state index contributed by atoms with van der Waals surface area (Å²) in [5, 5.41) is 13.8. The minimum atomic E-state index is -0.337. The summed E-state index contributed by atoms with van der Waals surface area (Å²) in [5.41, 5.74) is 1.35. The van der Waals surface area contributed by atoms with Crippen molar-refractivity contribution in [2.45, 2.75) is 25.5 Å². The van der Waals surface area contributed by atoms with E-state index in [9.17, 15) is 4.79 Å². The van der Waals surface area contributed by atoms with Crippen LogP contribution in [0.5, 0.6) is 5.75 Å². The van der Waals surface area contributed by atoms with E-state index in [2.05, 4.69) is 20.8 Å². The van der Waals surface area contributed by atoms with Crippen LogP contribution in [0.25, 0.3) is 5.65 Å². The normalized spacial score (nSPS) is 16.4. The first kappa shape index (κ1) is 17.3. The average molecular weight is 367 g/mol. The molecular weight excluding hydrogens is 346 g/mol. The minimum Gasteiger partial charge on any atom is -0.489 e. The maximum Gasteiger partial charge on any atom is 0.319 e. The molecule has 1 saturated heterocycles. The number of hydrogen-bond donors (Lipinski definition) is 2. The van der Waals surface area contributed by atoms with E-state index in [-0.39, 0.29) is 18.7 Å². The molecule has 3 aromatic rings. The molecule has 8 nitrogen and oxygen atoms in total. The third kappa shape index (κ3) is 4.17. The molecule has 4 rings (SSSR count). The van der Waals surface area contributed by atoms with E-state index in [1.165, 1.54) is 0 Å². The number of fused-ring (bicyclic) bond motifs is 1. The van der Waals surface area contributed by atoms with Crippen LogP contribution in [0.4, 0.5) is 10.5 Å². The van der Waals surface area contributed by atoms with Gasteiger partial charge in [-0.05, 0) is 37.1 Å². The number of benzene rings is 1.